The highest BCUT2D eigenvalue weighted by Crippen LogP contribution is 2.26. The van der Waals surface area contributed by atoms with Gasteiger partial charge < -0.3 is 15.5 Å². The maximum atomic E-state index is 13.6. The first-order valence-electron chi connectivity index (χ1n) is 10.5. The number of halogens is 1. The number of piperidine rings is 1. The molecular formula is C24H28FN3O3. The van der Waals surface area contributed by atoms with E-state index in [1.165, 1.54) is 30.1 Å². The van der Waals surface area contributed by atoms with Crippen LogP contribution in [0.2, 0.25) is 0 Å². The largest absolute Gasteiger partial charge is 0.368 e. The molecule has 1 aliphatic rings. The van der Waals surface area contributed by atoms with Crippen molar-refractivity contribution in [1.82, 2.24) is 9.80 Å². The summed E-state index contributed by atoms with van der Waals surface area (Å²) in [4.78, 5) is 40.7. The third-order valence-corrected chi connectivity index (χ3v) is 5.84. The molecule has 7 heteroatoms. The second kappa shape index (κ2) is 10.2. The van der Waals surface area contributed by atoms with Crippen molar-refractivity contribution in [3.8, 4) is 0 Å². The Morgan fingerprint density at radius 3 is 2.39 bits per heavy atom. The molecule has 3 rings (SSSR count). The molecule has 0 aromatic heterocycles. The van der Waals surface area contributed by atoms with Crippen molar-refractivity contribution < 1.29 is 18.8 Å². The number of rotatable bonds is 7. The van der Waals surface area contributed by atoms with E-state index >= 15 is 0 Å². The minimum atomic E-state index is -1.03. The molecule has 1 fully saturated rings. The fourth-order valence-electron chi connectivity index (χ4n) is 4.10. The number of carbonyl (C=O) groups excluding carboxylic acids is 3. The van der Waals surface area contributed by atoms with Gasteiger partial charge in [-0.15, -0.1) is 0 Å². The maximum absolute atomic E-state index is 13.6. The van der Waals surface area contributed by atoms with E-state index in [1.54, 1.807) is 11.0 Å². The fourth-order valence-corrected chi connectivity index (χ4v) is 4.10. The van der Waals surface area contributed by atoms with E-state index in [0.717, 1.165) is 5.56 Å². The van der Waals surface area contributed by atoms with E-state index < -0.39 is 17.8 Å². The molecule has 0 saturated carbocycles. The number of hydrogen-bond acceptors (Lipinski definition) is 3. The third kappa shape index (κ3) is 5.69. The average Bonchev–Trinajstić information content (AvgIpc) is 2.77. The van der Waals surface area contributed by atoms with Gasteiger partial charge in [0.25, 0.3) is 0 Å². The molecule has 1 unspecified atom stereocenters. The summed E-state index contributed by atoms with van der Waals surface area (Å²) in [7, 11) is 1.51. The van der Waals surface area contributed by atoms with Crippen LogP contribution in [0.15, 0.2) is 54.6 Å². The Hall–Kier alpha value is -3.22. The minimum absolute atomic E-state index is 0.0814. The predicted octanol–water partition coefficient (Wildman–Crippen LogP) is 2.68. The zero-order chi connectivity index (χ0) is 22.4. The lowest BCUT2D eigenvalue weighted by Crippen LogP contribution is -2.46. The van der Waals surface area contributed by atoms with Gasteiger partial charge in [-0.2, -0.15) is 0 Å². The van der Waals surface area contributed by atoms with Gasteiger partial charge in [0.05, 0.1) is 0 Å². The van der Waals surface area contributed by atoms with Gasteiger partial charge in [0.1, 0.15) is 11.9 Å². The molecule has 1 saturated heterocycles. The normalized spacial score (nSPS) is 15.4. The Balaban J connectivity index is 1.56. The molecule has 0 bridgehead atoms. The van der Waals surface area contributed by atoms with Gasteiger partial charge in [-0.3, -0.25) is 14.4 Å². The first-order chi connectivity index (χ1) is 14.9. The number of nitrogens with zero attached hydrogens (tertiary/aromatic N) is 2. The number of benzene rings is 2. The van der Waals surface area contributed by atoms with Gasteiger partial charge in [0.2, 0.25) is 17.7 Å². The number of likely N-dealkylation sites (N-methyl/N-ethyl adjacent to an activating group) is 1. The number of hydrogen-bond donors (Lipinski definition) is 1. The van der Waals surface area contributed by atoms with Gasteiger partial charge in [0, 0.05) is 32.5 Å². The Morgan fingerprint density at radius 2 is 1.77 bits per heavy atom. The summed E-state index contributed by atoms with van der Waals surface area (Å²) >= 11 is 0. The number of nitrogens with two attached hydrogens (primary N) is 1. The minimum Gasteiger partial charge on any atom is -0.368 e. The van der Waals surface area contributed by atoms with Gasteiger partial charge in [-0.25, -0.2) is 4.39 Å². The lowest BCUT2D eigenvalue weighted by Gasteiger charge is -2.35. The summed E-state index contributed by atoms with van der Waals surface area (Å²) in [5, 5.41) is 0. The molecule has 0 radical (unpaired) electrons. The van der Waals surface area contributed by atoms with Crippen molar-refractivity contribution in [2.75, 3.05) is 20.1 Å². The van der Waals surface area contributed by atoms with Crippen LogP contribution in [0.3, 0.4) is 0 Å². The Bertz CT molecular complexity index is 927. The smallest absolute Gasteiger partial charge is 0.244 e. The summed E-state index contributed by atoms with van der Waals surface area (Å²) in [6, 6.07) is 14.4. The second-order valence-electron chi connectivity index (χ2n) is 7.95. The van der Waals surface area contributed by atoms with Gasteiger partial charge in [-0.05, 0) is 42.5 Å². The van der Waals surface area contributed by atoms with Crippen molar-refractivity contribution >= 4 is 17.7 Å². The van der Waals surface area contributed by atoms with Crippen molar-refractivity contribution in [2.45, 2.75) is 31.7 Å². The van der Waals surface area contributed by atoms with Crippen LogP contribution in [0, 0.1) is 11.7 Å². The number of likely N-dealkylation sites (tertiary alicyclic amines) is 1. The zero-order valence-corrected chi connectivity index (χ0v) is 17.7. The molecule has 0 spiro atoms. The number of amides is 3. The van der Waals surface area contributed by atoms with Crippen LogP contribution < -0.4 is 5.73 Å². The van der Waals surface area contributed by atoms with Crippen LogP contribution in [0.4, 0.5) is 4.39 Å². The van der Waals surface area contributed by atoms with Crippen molar-refractivity contribution in [3.05, 3.63) is 71.5 Å². The number of primary amides is 1. The van der Waals surface area contributed by atoms with Crippen molar-refractivity contribution in [2.24, 2.45) is 11.7 Å². The van der Waals surface area contributed by atoms with Crippen LogP contribution in [0.5, 0.6) is 0 Å². The molecule has 164 valence electrons. The van der Waals surface area contributed by atoms with Crippen LogP contribution in [0.1, 0.15) is 36.4 Å². The molecular weight excluding hydrogens is 397 g/mol. The Kier molecular flexibility index (Phi) is 7.39. The Labute approximate surface area is 181 Å². The highest BCUT2D eigenvalue weighted by atomic mass is 19.1. The highest BCUT2D eigenvalue weighted by Gasteiger charge is 2.34. The van der Waals surface area contributed by atoms with Crippen molar-refractivity contribution in [3.63, 3.8) is 0 Å². The molecule has 1 heterocycles. The quantitative estimate of drug-likeness (QED) is 0.740. The van der Waals surface area contributed by atoms with E-state index in [1.807, 2.05) is 30.3 Å². The molecule has 2 aromatic rings. The molecule has 6 nitrogen and oxygen atoms in total. The fraction of sp³-hybridized carbons (Fsp3) is 0.375. The van der Waals surface area contributed by atoms with Gasteiger partial charge >= 0.3 is 0 Å². The molecule has 0 aliphatic carbocycles. The first-order valence-corrected chi connectivity index (χ1v) is 10.5. The van der Waals surface area contributed by atoms with Crippen LogP contribution in [-0.2, 0) is 20.8 Å². The van der Waals surface area contributed by atoms with Gasteiger partial charge in [-0.1, -0.05) is 42.5 Å². The predicted molar refractivity (Wildman–Crippen MR) is 115 cm³/mol. The third-order valence-electron chi connectivity index (χ3n) is 5.84. The SMILES string of the molecule is CN(C(=O)C1CCN(C(=O)CCc2ccccc2)CC1)C(C(N)=O)c1cccc(F)c1. The molecule has 1 aliphatic heterocycles. The molecule has 2 N–H and O–H groups in total. The highest BCUT2D eigenvalue weighted by molar-refractivity contribution is 5.88. The van der Waals surface area contributed by atoms with Gasteiger partial charge in [0.15, 0.2) is 0 Å². The molecule has 1 atom stereocenters. The summed E-state index contributed by atoms with van der Waals surface area (Å²) in [5.74, 6) is -1.65. The summed E-state index contributed by atoms with van der Waals surface area (Å²) in [5.41, 5.74) is 6.99. The summed E-state index contributed by atoms with van der Waals surface area (Å²) in [6.45, 7) is 0.998. The van der Waals surface area contributed by atoms with E-state index in [9.17, 15) is 18.8 Å². The van der Waals surface area contributed by atoms with E-state index in [0.29, 0.717) is 44.3 Å². The molecule has 31 heavy (non-hydrogen) atoms. The summed E-state index contributed by atoms with van der Waals surface area (Å²) < 4.78 is 13.6. The van der Waals surface area contributed by atoms with Crippen LogP contribution in [-0.4, -0.2) is 47.7 Å². The van der Waals surface area contributed by atoms with Crippen molar-refractivity contribution in [1.29, 1.82) is 0 Å². The molecule has 3 amide bonds. The van der Waals surface area contributed by atoms with Crippen LogP contribution >= 0.6 is 0 Å². The monoisotopic (exact) mass is 425 g/mol. The van der Waals surface area contributed by atoms with E-state index in [-0.39, 0.29) is 17.7 Å². The average molecular weight is 426 g/mol. The number of aryl methyl sites for hydroxylation is 1. The zero-order valence-electron chi connectivity index (χ0n) is 17.7. The first kappa shape index (κ1) is 22.5. The maximum Gasteiger partial charge on any atom is 0.244 e. The number of carbonyl (C=O) groups is 3. The van der Waals surface area contributed by atoms with E-state index in [4.69, 9.17) is 5.73 Å². The molecule has 2 aromatic carbocycles. The summed E-state index contributed by atoms with van der Waals surface area (Å²) in [6.07, 6.45) is 2.17. The Morgan fingerprint density at radius 1 is 1.10 bits per heavy atom. The van der Waals surface area contributed by atoms with Crippen LogP contribution in [0.25, 0.3) is 0 Å². The topological polar surface area (TPSA) is 83.7 Å². The van der Waals surface area contributed by atoms with E-state index in [2.05, 4.69) is 0 Å². The lowest BCUT2D eigenvalue weighted by atomic mass is 9.93. The lowest BCUT2D eigenvalue weighted by molar-refractivity contribution is -0.144. The second-order valence-corrected chi connectivity index (χ2v) is 7.95. The standard InChI is InChI=1S/C24H28FN3O3/c1-27(22(23(26)30)19-8-5-9-20(25)16-19)24(31)18-12-14-28(15-13-18)21(29)11-10-17-6-3-2-4-7-17/h2-9,16,18,22H,10-15H2,1H3,(H2,26,30).